The summed E-state index contributed by atoms with van der Waals surface area (Å²) in [6.07, 6.45) is 2.69. The molecule has 0 aliphatic carbocycles. The van der Waals surface area contributed by atoms with Crippen molar-refractivity contribution in [3.05, 3.63) is 11.2 Å². The minimum atomic E-state index is -0.243. The molecule has 0 aromatic carbocycles. The maximum atomic E-state index is 6.31. The first-order chi connectivity index (χ1) is 9.72. The zero-order valence-electron chi connectivity index (χ0n) is 13.5. The van der Waals surface area contributed by atoms with E-state index in [1.807, 2.05) is 0 Å². The molecule has 0 amide bonds. The molecule has 6 heteroatoms. The molecule has 1 aliphatic rings. The van der Waals surface area contributed by atoms with E-state index in [4.69, 9.17) is 16.3 Å². The number of ether oxygens (including phenoxy) is 1. The van der Waals surface area contributed by atoms with Gasteiger partial charge in [-0.1, -0.05) is 18.5 Å². The lowest BCUT2D eigenvalue weighted by Crippen LogP contribution is -2.57. The van der Waals surface area contributed by atoms with Gasteiger partial charge >= 0.3 is 0 Å². The molecular formula is C15H25ClN4O. The summed E-state index contributed by atoms with van der Waals surface area (Å²) in [4.78, 5) is 11.0. The molecule has 1 aromatic heterocycles. The van der Waals surface area contributed by atoms with Gasteiger partial charge in [0.15, 0.2) is 5.82 Å². The predicted octanol–water partition coefficient (Wildman–Crippen LogP) is 3.35. The van der Waals surface area contributed by atoms with Crippen molar-refractivity contribution >= 4 is 23.4 Å². The molecule has 1 aromatic rings. The molecule has 0 spiro atoms. The fourth-order valence-corrected chi connectivity index (χ4v) is 3.05. The minimum absolute atomic E-state index is 0.243. The molecule has 0 saturated carbocycles. The summed E-state index contributed by atoms with van der Waals surface area (Å²) in [5.41, 5.74) is -0.486. The zero-order valence-corrected chi connectivity index (χ0v) is 14.3. The maximum absolute atomic E-state index is 6.31. The second-order valence-corrected chi connectivity index (χ2v) is 7.18. The van der Waals surface area contributed by atoms with Crippen molar-refractivity contribution < 1.29 is 4.74 Å². The molecule has 0 radical (unpaired) electrons. The lowest BCUT2D eigenvalue weighted by atomic mass is 9.99. The number of aromatic nitrogens is 2. The molecule has 1 aliphatic heterocycles. The molecule has 118 valence electrons. The summed E-state index contributed by atoms with van der Waals surface area (Å²) in [5, 5.41) is 3.78. The van der Waals surface area contributed by atoms with Gasteiger partial charge in [0.25, 0.3) is 0 Å². The van der Waals surface area contributed by atoms with Crippen molar-refractivity contribution in [2.24, 2.45) is 0 Å². The molecule has 5 nitrogen and oxygen atoms in total. The second kappa shape index (κ2) is 5.97. The van der Waals surface area contributed by atoms with E-state index in [1.165, 1.54) is 0 Å². The van der Waals surface area contributed by atoms with Crippen molar-refractivity contribution in [1.29, 1.82) is 0 Å². The van der Waals surface area contributed by atoms with Crippen molar-refractivity contribution in [2.75, 3.05) is 29.9 Å². The number of nitrogens with one attached hydrogen (secondary N) is 1. The highest BCUT2D eigenvalue weighted by Gasteiger charge is 2.39. The Morgan fingerprint density at radius 2 is 1.90 bits per heavy atom. The Morgan fingerprint density at radius 3 is 2.48 bits per heavy atom. The van der Waals surface area contributed by atoms with Crippen LogP contribution in [0.3, 0.4) is 0 Å². The average Bonchev–Trinajstić information content (AvgIpc) is 2.34. The third-order valence-electron chi connectivity index (χ3n) is 3.25. The van der Waals surface area contributed by atoms with Gasteiger partial charge in [-0.05, 0) is 34.1 Å². The fraction of sp³-hybridized carbons (Fsp3) is 0.733. The predicted molar refractivity (Wildman–Crippen MR) is 87.3 cm³/mol. The number of rotatable bonds is 4. The van der Waals surface area contributed by atoms with Gasteiger partial charge in [-0.15, -0.1) is 0 Å². The smallest absolute Gasteiger partial charge is 0.224 e. The van der Waals surface area contributed by atoms with Crippen LogP contribution in [0.25, 0.3) is 0 Å². The van der Waals surface area contributed by atoms with Crippen molar-refractivity contribution in [2.45, 2.75) is 52.2 Å². The van der Waals surface area contributed by atoms with E-state index in [-0.39, 0.29) is 11.2 Å². The SMILES string of the molecule is CCCNc1ncc(Cl)c(N2CC(C)(C)OC(C)(C)C2)n1. The highest BCUT2D eigenvalue weighted by Crippen LogP contribution is 2.33. The molecular weight excluding hydrogens is 288 g/mol. The number of hydrogen-bond donors (Lipinski definition) is 1. The van der Waals surface area contributed by atoms with Crippen LogP contribution in [-0.4, -0.2) is 40.8 Å². The Morgan fingerprint density at radius 1 is 1.29 bits per heavy atom. The van der Waals surface area contributed by atoms with Gasteiger partial charge in [-0.3, -0.25) is 0 Å². The lowest BCUT2D eigenvalue weighted by molar-refractivity contribution is -0.133. The monoisotopic (exact) mass is 312 g/mol. The van der Waals surface area contributed by atoms with E-state index in [1.54, 1.807) is 6.20 Å². The first-order valence-corrected chi connectivity index (χ1v) is 7.82. The summed E-state index contributed by atoms with van der Waals surface area (Å²) in [5.74, 6) is 1.40. The lowest BCUT2D eigenvalue weighted by Gasteiger charge is -2.47. The summed E-state index contributed by atoms with van der Waals surface area (Å²) in [6, 6.07) is 0. The van der Waals surface area contributed by atoms with Gasteiger partial charge in [-0.25, -0.2) is 4.98 Å². The first kappa shape index (κ1) is 16.3. The van der Waals surface area contributed by atoms with Crippen LogP contribution in [0.2, 0.25) is 5.02 Å². The van der Waals surface area contributed by atoms with Crippen LogP contribution < -0.4 is 10.2 Å². The third kappa shape index (κ3) is 4.20. The van der Waals surface area contributed by atoms with Crippen LogP contribution in [-0.2, 0) is 4.74 Å². The van der Waals surface area contributed by atoms with Gasteiger partial charge in [0, 0.05) is 19.6 Å². The Bertz CT molecular complexity index is 488. The molecule has 21 heavy (non-hydrogen) atoms. The van der Waals surface area contributed by atoms with Crippen molar-refractivity contribution in [3.63, 3.8) is 0 Å². The minimum Gasteiger partial charge on any atom is -0.366 e. The number of anilines is 2. The molecule has 0 bridgehead atoms. The van der Waals surface area contributed by atoms with Gasteiger partial charge in [0.05, 0.1) is 17.4 Å². The highest BCUT2D eigenvalue weighted by molar-refractivity contribution is 6.32. The summed E-state index contributed by atoms with van der Waals surface area (Å²) in [7, 11) is 0. The normalized spacial score (nSPS) is 20.4. The highest BCUT2D eigenvalue weighted by atomic mass is 35.5. The Labute approximate surface area is 132 Å². The number of nitrogens with zero attached hydrogens (tertiary/aromatic N) is 3. The molecule has 2 heterocycles. The van der Waals surface area contributed by atoms with E-state index < -0.39 is 0 Å². The number of hydrogen-bond acceptors (Lipinski definition) is 5. The van der Waals surface area contributed by atoms with Crippen LogP contribution in [0.15, 0.2) is 6.20 Å². The van der Waals surface area contributed by atoms with Gasteiger partial charge in [0.2, 0.25) is 5.95 Å². The van der Waals surface area contributed by atoms with E-state index in [2.05, 4.69) is 54.8 Å². The molecule has 1 fully saturated rings. The fourth-order valence-electron chi connectivity index (χ4n) is 2.84. The summed E-state index contributed by atoms with van der Waals surface area (Å²) in [6.45, 7) is 12.8. The topological polar surface area (TPSA) is 50.3 Å². The van der Waals surface area contributed by atoms with E-state index in [0.29, 0.717) is 11.0 Å². The van der Waals surface area contributed by atoms with Crippen LogP contribution in [0.4, 0.5) is 11.8 Å². The standard InChI is InChI=1S/C15H25ClN4O/c1-6-7-17-13-18-8-11(16)12(19-13)20-9-14(2,3)21-15(4,5)10-20/h8H,6-7,9-10H2,1-5H3,(H,17,18,19). The molecule has 2 rings (SSSR count). The average molecular weight is 313 g/mol. The van der Waals surface area contributed by atoms with E-state index >= 15 is 0 Å². The molecule has 1 N–H and O–H groups in total. The summed E-state index contributed by atoms with van der Waals surface area (Å²) < 4.78 is 6.10. The largest absolute Gasteiger partial charge is 0.366 e. The van der Waals surface area contributed by atoms with Crippen molar-refractivity contribution in [3.8, 4) is 0 Å². The van der Waals surface area contributed by atoms with Gasteiger partial charge in [0.1, 0.15) is 5.02 Å². The molecule has 0 unspecified atom stereocenters. The van der Waals surface area contributed by atoms with E-state index in [0.717, 1.165) is 31.9 Å². The Balaban J connectivity index is 2.27. The van der Waals surface area contributed by atoms with Crippen molar-refractivity contribution in [1.82, 2.24) is 9.97 Å². The van der Waals surface area contributed by atoms with Crippen LogP contribution in [0.5, 0.6) is 0 Å². The van der Waals surface area contributed by atoms with Crippen LogP contribution >= 0.6 is 11.6 Å². The second-order valence-electron chi connectivity index (χ2n) is 6.77. The molecule has 0 atom stereocenters. The van der Waals surface area contributed by atoms with E-state index in [9.17, 15) is 0 Å². The van der Waals surface area contributed by atoms with Crippen LogP contribution in [0.1, 0.15) is 41.0 Å². The number of morpholine rings is 1. The summed E-state index contributed by atoms with van der Waals surface area (Å²) >= 11 is 6.31. The quantitative estimate of drug-likeness (QED) is 0.924. The third-order valence-corrected chi connectivity index (χ3v) is 3.52. The van der Waals surface area contributed by atoms with Gasteiger partial charge < -0.3 is 15.0 Å². The Kier molecular flexibility index (Phi) is 4.63. The number of halogens is 1. The maximum Gasteiger partial charge on any atom is 0.224 e. The first-order valence-electron chi connectivity index (χ1n) is 7.44. The Hall–Kier alpha value is -1.07. The van der Waals surface area contributed by atoms with Gasteiger partial charge in [-0.2, -0.15) is 4.98 Å². The molecule has 1 saturated heterocycles. The zero-order chi connectivity index (χ0) is 15.7. The van der Waals surface area contributed by atoms with Crippen LogP contribution in [0, 0.1) is 0 Å².